The summed E-state index contributed by atoms with van der Waals surface area (Å²) in [7, 11) is 1.64. The number of hydrogen-bond acceptors (Lipinski definition) is 6. The van der Waals surface area contributed by atoms with E-state index < -0.39 is 0 Å². The number of nitrogens with one attached hydrogen (secondary N) is 1. The fraction of sp³-hybridized carbons (Fsp3) is 0.143. The lowest BCUT2D eigenvalue weighted by Crippen LogP contribution is -2.12. The number of ether oxygens (including phenoxy) is 1. The van der Waals surface area contributed by atoms with Crippen LogP contribution in [0.15, 0.2) is 60.1 Å². The van der Waals surface area contributed by atoms with Crippen LogP contribution < -0.4 is 10.1 Å². The molecule has 0 aliphatic carbocycles. The third-order valence-corrected chi connectivity index (χ3v) is 5.17. The van der Waals surface area contributed by atoms with Crippen LogP contribution in [0, 0.1) is 6.92 Å². The van der Waals surface area contributed by atoms with Crippen molar-refractivity contribution in [2.45, 2.75) is 13.0 Å². The molecule has 0 aliphatic rings. The molecule has 5 nitrogen and oxygen atoms in total. The van der Waals surface area contributed by atoms with Gasteiger partial charge in [0, 0.05) is 28.2 Å². The molecule has 0 bridgehead atoms. The van der Waals surface area contributed by atoms with E-state index in [1.165, 1.54) is 11.3 Å². The summed E-state index contributed by atoms with van der Waals surface area (Å²) in [5.74, 6) is 0.966. The van der Waals surface area contributed by atoms with Crippen molar-refractivity contribution in [3.8, 4) is 11.5 Å². The minimum atomic E-state index is -0.270. The van der Waals surface area contributed by atoms with Gasteiger partial charge in [-0.2, -0.15) is 0 Å². The van der Waals surface area contributed by atoms with E-state index in [4.69, 9.17) is 4.74 Å². The van der Waals surface area contributed by atoms with Gasteiger partial charge in [-0.25, -0.2) is 9.97 Å². The first-order valence-corrected chi connectivity index (χ1v) is 9.43. The predicted octanol–water partition coefficient (Wildman–Crippen LogP) is 4.92. The SMILES string of the molecule is COc1ccc([C@H](Nc2nccs2)c2ccc3ccc(C)nc3c2O)cc1. The number of aromatic nitrogens is 2. The van der Waals surface area contributed by atoms with Crippen molar-refractivity contribution in [3.63, 3.8) is 0 Å². The van der Waals surface area contributed by atoms with Crippen LogP contribution in [0.1, 0.15) is 22.9 Å². The van der Waals surface area contributed by atoms with E-state index in [2.05, 4.69) is 15.3 Å². The predicted molar refractivity (Wildman–Crippen MR) is 109 cm³/mol. The summed E-state index contributed by atoms with van der Waals surface area (Å²) in [6.45, 7) is 1.92. The largest absolute Gasteiger partial charge is 0.505 e. The molecule has 136 valence electrons. The second kappa shape index (κ2) is 7.25. The Bertz CT molecular complexity index is 1060. The highest BCUT2D eigenvalue weighted by atomic mass is 32.1. The number of thiazole rings is 1. The highest BCUT2D eigenvalue weighted by molar-refractivity contribution is 7.13. The summed E-state index contributed by atoms with van der Waals surface area (Å²) in [6, 6.07) is 15.3. The number of benzene rings is 2. The van der Waals surface area contributed by atoms with Gasteiger partial charge in [0.15, 0.2) is 5.13 Å². The van der Waals surface area contributed by atoms with Crippen molar-refractivity contribution >= 4 is 27.4 Å². The zero-order valence-corrected chi connectivity index (χ0v) is 15.8. The van der Waals surface area contributed by atoms with Gasteiger partial charge in [0.2, 0.25) is 0 Å². The molecule has 1 atom stereocenters. The van der Waals surface area contributed by atoms with Crippen molar-refractivity contribution in [3.05, 3.63) is 76.9 Å². The third kappa shape index (κ3) is 3.44. The minimum absolute atomic E-state index is 0.182. The van der Waals surface area contributed by atoms with Gasteiger partial charge < -0.3 is 15.2 Å². The minimum Gasteiger partial charge on any atom is -0.505 e. The molecule has 2 aromatic carbocycles. The number of aryl methyl sites for hydroxylation is 1. The van der Waals surface area contributed by atoms with E-state index in [0.29, 0.717) is 5.52 Å². The Morgan fingerprint density at radius 3 is 2.56 bits per heavy atom. The first-order valence-electron chi connectivity index (χ1n) is 8.55. The van der Waals surface area contributed by atoms with Crippen molar-refractivity contribution < 1.29 is 9.84 Å². The fourth-order valence-corrected chi connectivity index (χ4v) is 3.63. The molecule has 0 aliphatic heterocycles. The molecule has 0 fully saturated rings. The van der Waals surface area contributed by atoms with Gasteiger partial charge in [-0.15, -0.1) is 11.3 Å². The Kier molecular flexibility index (Phi) is 4.64. The second-order valence-electron chi connectivity index (χ2n) is 6.22. The average molecular weight is 377 g/mol. The maximum Gasteiger partial charge on any atom is 0.183 e. The number of anilines is 1. The fourth-order valence-electron chi connectivity index (χ4n) is 3.08. The van der Waals surface area contributed by atoms with Gasteiger partial charge in [0.05, 0.1) is 13.2 Å². The van der Waals surface area contributed by atoms with Crippen LogP contribution in [-0.2, 0) is 0 Å². The number of methoxy groups -OCH3 is 1. The van der Waals surface area contributed by atoms with E-state index in [0.717, 1.165) is 33.1 Å². The van der Waals surface area contributed by atoms with Gasteiger partial charge in [0.1, 0.15) is 17.0 Å². The normalized spacial score (nSPS) is 12.1. The van der Waals surface area contributed by atoms with Crippen LogP contribution in [0.3, 0.4) is 0 Å². The molecule has 0 radical (unpaired) electrons. The van der Waals surface area contributed by atoms with E-state index in [1.807, 2.05) is 60.8 Å². The molecule has 0 spiro atoms. The van der Waals surface area contributed by atoms with Gasteiger partial charge >= 0.3 is 0 Å². The third-order valence-electron chi connectivity index (χ3n) is 4.47. The molecule has 2 heterocycles. The summed E-state index contributed by atoms with van der Waals surface area (Å²) in [6.07, 6.45) is 1.75. The zero-order chi connectivity index (χ0) is 18.8. The smallest absolute Gasteiger partial charge is 0.183 e. The van der Waals surface area contributed by atoms with Gasteiger partial charge in [-0.3, -0.25) is 0 Å². The topological polar surface area (TPSA) is 67.3 Å². The lowest BCUT2D eigenvalue weighted by Gasteiger charge is -2.21. The molecular weight excluding hydrogens is 358 g/mol. The molecule has 4 rings (SSSR count). The van der Waals surface area contributed by atoms with Gasteiger partial charge in [0.25, 0.3) is 0 Å². The van der Waals surface area contributed by atoms with Crippen LogP contribution in [0.2, 0.25) is 0 Å². The van der Waals surface area contributed by atoms with E-state index in [-0.39, 0.29) is 11.8 Å². The molecule has 2 N–H and O–H groups in total. The summed E-state index contributed by atoms with van der Waals surface area (Å²) in [5, 5.41) is 18.0. The van der Waals surface area contributed by atoms with Crippen LogP contribution in [0.5, 0.6) is 11.5 Å². The van der Waals surface area contributed by atoms with Crippen LogP contribution in [-0.4, -0.2) is 22.2 Å². The summed E-state index contributed by atoms with van der Waals surface area (Å²) in [4.78, 5) is 8.86. The average Bonchev–Trinajstić information content (AvgIpc) is 3.21. The van der Waals surface area contributed by atoms with Crippen LogP contribution >= 0.6 is 11.3 Å². The molecule has 4 aromatic rings. The number of pyridine rings is 1. The molecule has 6 heteroatoms. The second-order valence-corrected chi connectivity index (χ2v) is 7.11. The summed E-state index contributed by atoms with van der Waals surface area (Å²) < 4.78 is 5.26. The molecule has 0 saturated carbocycles. The lowest BCUT2D eigenvalue weighted by molar-refractivity contribution is 0.414. The molecule has 0 saturated heterocycles. The standard InChI is InChI=1S/C21H19N3O2S/c1-13-3-4-15-7-10-17(20(25)19(15)23-13)18(24-21-22-11-12-27-21)14-5-8-16(26-2)9-6-14/h3-12,18,25H,1-2H3,(H,22,24)/t18-/m0/s1. The highest BCUT2D eigenvalue weighted by Crippen LogP contribution is 2.37. The van der Waals surface area contributed by atoms with Crippen molar-refractivity contribution in [1.29, 1.82) is 0 Å². The molecule has 0 unspecified atom stereocenters. The Morgan fingerprint density at radius 2 is 1.85 bits per heavy atom. The van der Waals surface area contributed by atoms with E-state index >= 15 is 0 Å². The van der Waals surface area contributed by atoms with Gasteiger partial charge in [-0.05, 0) is 30.7 Å². The summed E-state index contributed by atoms with van der Waals surface area (Å²) >= 11 is 1.52. The Labute approximate surface area is 161 Å². The maximum atomic E-state index is 11.0. The van der Waals surface area contributed by atoms with E-state index in [9.17, 15) is 5.11 Å². The number of phenols is 1. The van der Waals surface area contributed by atoms with Crippen molar-refractivity contribution in [2.75, 3.05) is 12.4 Å². The lowest BCUT2D eigenvalue weighted by atomic mass is 9.96. The molecular formula is C21H19N3O2S. The number of hydrogen-bond donors (Lipinski definition) is 2. The molecule has 0 amide bonds. The molecule has 27 heavy (non-hydrogen) atoms. The molecule has 2 aromatic heterocycles. The quantitative estimate of drug-likeness (QED) is 0.517. The van der Waals surface area contributed by atoms with Crippen LogP contribution in [0.4, 0.5) is 5.13 Å². The monoisotopic (exact) mass is 377 g/mol. The Hall–Kier alpha value is -3.12. The van der Waals surface area contributed by atoms with E-state index in [1.54, 1.807) is 13.3 Å². The first-order chi connectivity index (χ1) is 13.2. The van der Waals surface area contributed by atoms with Crippen molar-refractivity contribution in [1.82, 2.24) is 9.97 Å². The van der Waals surface area contributed by atoms with Crippen LogP contribution in [0.25, 0.3) is 10.9 Å². The summed E-state index contributed by atoms with van der Waals surface area (Å²) in [5.41, 5.74) is 3.21. The number of rotatable bonds is 5. The van der Waals surface area contributed by atoms with Gasteiger partial charge in [-0.1, -0.05) is 30.3 Å². The first kappa shape index (κ1) is 17.3. The maximum absolute atomic E-state index is 11.0. The van der Waals surface area contributed by atoms with Crippen molar-refractivity contribution in [2.24, 2.45) is 0 Å². The number of aromatic hydroxyl groups is 1. The highest BCUT2D eigenvalue weighted by Gasteiger charge is 2.21. The Balaban J connectivity index is 1.84. The number of fused-ring (bicyclic) bond motifs is 1. The number of nitrogens with zero attached hydrogens (tertiary/aromatic N) is 2. The number of phenolic OH excluding ortho intramolecular Hbond substituents is 1. The Morgan fingerprint density at radius 1 is 1.07 bits per heavy atom. The zero-order valence-electron chi connectivity index (χ0n) is 15.0.